The van der Waals surface area contributed by atoms with E-state index in [1.54, 1.807) is 41.3 Å². The Labute approximate surface area is 145 Å². The highest BCUT2D eigenvalue weighted by Gasteiger charge is 2.43. The number of nitrogens with zero attached hydrogens (tertiary/aromatic N) is 2. The van der Waals surface area contributed by atoms with Gasteiger partial charge in [-0.2, -0.15) is 5.10 Å². The quantitative estimate of drug-likeness (QED) is 0.896. The van der Waals surface area contributed by atoms with Gasteiger partial charge in [0.2, 0.25) is 0 Å². The van der Waals surface area contributed by atoms with E-state index in [1.807, 2.05) is 20.2 Å². The van der Waals surface area contributed by atoms with E-state index in [0.29, 0.717) is 23.9 Å². The van der Waals surface area contributed by atoms with Crippen molar-refractivity contribution in [2.75, 3.05) is 13.2 Å². The molecule has 0 radical (unpaired) electrons. The number of carbonyl (C=O) groups excluding carboxylic acids is 1. The summed E-state index contributed by atoms with van der Waals surface area (Å²) in [6.07, 6.45) is 5.32. The Morgan fingerprint density at radius 3 is 2.88 bits per heavy atom. The van der Waals surface area contributed by atoms with E-state index >= 15 is 0 Å². The molecule has 0 spiro atoms. The molecule has 1 saturated heterocycles. The summed E-state index contributed by atoms with van der Waals surface area (Å²) >= 11 is 6.06. The number of aryl methyl sites for hydroxylation is 2. The van der Waals surface area contributed by atoms with Crippen LogP contribution in [-0.4, -0.2) is 33.9 Å². The van der Waals surface area contributed by atoms with Gasteiger partial charge in [-0.05, 0) is 36.8 Å². The Morgan fingerprint density at radius 1 is 1.46 bits per heavy atom. The number of aromatic nitrogens is 3. The molecule has 126 valence electrons. The van der Waals surface area contributed by atoms with Gasteiger partial charge in [0.25, 0.3) is 5.91 Å². The zero-order valence-electron chi connectivity index (χ0n) is 13.5. The lowest BCUT2D eigenvalue weighted by atomic mass is 9.90. The van der Waals surface area contributed by atoms with Crippen molar-refractivity contribution in [3.05, 3.63) is 64.7 Å². The Balaban J connectivity index is 1.91. The zero-order valence-corrected chi connectivity index (χ0v) is 14.3. The lowest BCUT2D eigenvalue weighted by Gasteiger charge is -2.41. The van der Waals surface area contributed by atoms with Crippen molar-refractivity contribution in [1.29, 1.82) is 0 Å². The highest BCUT2D eigenvalue weighted by atomic mass is 35.5. The van der Waals surface area contributed by atoms with Crippen LogP contribution >= 0.6 is 11.6 Å². The minimum atomic E-state index is -0.538. The minimum absolute atomic E-state index is 0.211. The lowest BCUT2D eigenvalue weighted by Crippen LogP contribution is -2.59. The molecule has 0 atom stereocenters. The van der Waals surface area contributed by atoms with Crippen LogP contribution in [0.15, 0.2) is 42.9 Å². The lowest BCUT2D eigenvalue weighted by molar-refractivity contribution is -0.0734. The molecule has 1 fully saturated rings. The summed E-state index contributed by atoms with van der Waals surface area (Å²) in [5, 5.41) is 7.85. The van der Waals surface area contributed by atoms with Gasteiger partial charge in [0.15, 0.2) is 0 Å². The number of H-pyrrole nitrogens is 1. The van der Waals surface area contributed by atoms with Gasteiger partial charge in [-0.3, -0.25) is 9.48 Å². The van der Waals surface area contributed by atoms with Crippen molar-refractivity contribution in [3.8, 4) is 0 Å². The first-order valence-electron chi connectivity index (χ1n) is 7.57. The van der Waals surface area contributed by atoms with Gasteiger partial charge in [-0.1, -0.05) is 11.6 Å². The van der Waals surface area contributed by atoms with E-state index in [-0.39, 0.29) is 5.91 Å². The molecule has 3 heterocycles. The smallest absolute Gasteiger partial charge is 0.268 e. The molecule has 0 unspecified atom stereocenters. The molecular weight excluding hydrogens is 328 g/mol. The number of amides is 1. The molecule has 6 nitrogen and oxygen atoms in total. The van der Waals surface area contributed by atoms with Crippen molar-refractivity contribution < 1.29 is 9.53 Å². The molecular formula is C17H19ClN4O2. The number of hydrogen-bond donors (Lipinski definition) is 2. The van der Waals surface area contributed by atoms with Crippen LogP contribution in [0.3, 0.4) is 0 Å². The average Bonchev–Trinajstić information content (AvgIpc) is 2.94. The van der Waals surface area contributed by atoms with Crippen LogP contribution in [-0.2, 0) is 17.3 Å². The van der Waals surface area contributed by atoms with Crippen molar-refractivity contribution >= 4 is 17.5 Å². The van der Waals surface area contributed by atoms with Crippen LogP contribution in [0.4, 0.5) is 0 Å². The molecule has 24 heavy (non-hydrogen) atoms. The van der Waals surface area contributed by atoms with Gasteiger partial charge in [-0.25, -0.2) is 0 Å². The Bertz CT molecular complexity index is 806. The maximum atomic E-state index is 12.8. The van der Waals surface area contributed by atoms with Gasteiger partial charge in [-0.15, -0.1) is 0 Å². The first kappa shape index (κ1) is 16.5. The largest absolute Gasteiger partial charge is 0.376 e. The Hall–Kier alpha value is -2.31. The number of rotatable bonds is 3. The third-order valence-corrected chi connectivity index (χ3v) is 4.11. The number of halogens is 1. The summed E-state index contributed by atoms with van der Waals surface area (Å²) < 4.78 is 7.06. The number of ether oxygens (including phenoxy) is 1. The standard InChI is InChI=1S/C17H19ClN4O2/c1-12-6-14(18)4-3-5-19-15(7-12)16(23)21-17(10-24-11-17)13-8-20-22(2)9-13/h3-9,19H,10-11H2,1-2H3,(H,21,23). The molecule has 2 aromatic heterocycles. The van der Waals surface area contributed by atoms with E-state index in [9.17, 15) is 4.79 Å². The van der Waals surface area contributed by atoms with Crippen LogP contribution in [0.5, 0.6) is 0 Å². The fourth-order valence-electron chi connectivity index (χ4n) is 2.56. The molecule has 7 heteroatoms. The average molecular weight is 347 g/mol. The molecule has 1 amide bonds. The summed E-state index contributed by atoms with van der Waals surface area (Å²) in [4.78, 5) is 15.8. The number of hydrogen-bond acceptors (Lipinski definition) is 3. The minimum Gasteiger partial charge on any atom is -0.376 e. The van der Waals surface area contributed by atoms with Crippen molar-refractivity contribution in [1.82, 2.24) is 20.1 Å². The highest BCUT2D eigenvalue weighted by molar-refractivity contribution is 6.30. The summed E-state index contributed by atoms with van der Waals surface area (Å²) in [5.74, 6) is -0.211. The van der Waals surface area contributed by atoms with E-state index < -0.39 is 5.54 Å². The van der Waals surface area contributed by atoms with Gasteiger partial charge < -0.3 is 15.0 Å². The Kier molecular flexibility index (Phi) is 4.59. The predicted molar refractivity (Wildman–Crippen MR) is 91.3 cm³/mol. The maximum Gasteiger partial charge on any atom is 0.268 e. The molecule has 0 saturated carbocycles. The summed E-state index contributed by atoms with van der Waals surface area (Å²) in [5.41, 5.74) is 1.71. The van der Waals surface area contributed by atoms with E-state index in [4.69, 9.17) is 16.3 Å². The van der Waals surface area contributed by atoms with Gasteiger partial charge >= 0.3 is 0 Å². The molecule has 2 N–H and O–H groups in total. The van der Waals surface area contributed by atoms with Gasteiger partial charge in [0.05, 0.1) is 19.4 Å². The fraction of sp³-hybridized carbons (Fsp3) is 0.294. The normalized spacial score (nSPS) is 15.3. The van der Waals surface area contributed by atoms with Crippen LogP contribution in [0.1, 0.15) is 21.6 Å². The molecule has 0 bridgehead atoms. The third-order valence-electron chi connectivity index (χ3n) is 3.88. The zero-order chi connectivity index (χ0) is 17.2. The van der Waals surface area contributed by atoms with Crippen molar-refractivity contribution in [3.63, 3.8) is 0 Å². The maximum absolute atomic E-state index is 12.8. The van der Waals surface area contributed by atoms with Gasteiger partial charge in [0.1, 0.15) is 11.2 Å². The molecule has 2 aromatic rings. The number of carbonyl (C=O) groups is 1. The third kappa shape index (κ3) is 3.44. The number of nitrogens with one attached hydrogen (secondary N) is 2. The van der Waals surface area contributed by atoms with Crippen LogP contribution < -0.4 is 5.32 Å². The van der Waals surface area contributed by atoms with E-state index in [1.165, 1.54) is 0 Å². The molecule has 0 aromatic carbocycles. The molecule has 1 aliphatic rings. The van der Waals surface area contributed by atoms with Crippen LogP contribution in [0.2, 0.25) is 5.02 Å². The topological polar surface area (TPSA) is 71.9 Å². The molecule has 1 aliphatic heterocycles. The number of aromatic amines is 1. The summed E-state index contributed by atoms with van der Waals surface area (Å²) in [7, 11) is 1.84. The van der Waals surface area contributed by atoms with Crippen LogP contribution in [0.25, 0.3) is 0 Å². The van der Waals surface area contributed by atoms with Gasteiger partial charge in [0, 0.05) is 30.0 Å². The Morgan fingerprint density at radius 2 is 2.25 bits per heavy atom. The van der Waals surface area contributed by atoms with Crippen molar-refractivity contribution in [2.24, 2.45) is 7.05 Å². The summed E-state index contributed by atoms with van der Waals surface area (Å²) in [6.45, 7) is 2.74. The molecule has 0 aliphatic carbocycles. The monoisotopic (exact) mass is 346 g/mol. The van der Waals surface area contributed by atoms with E-state index in [0.717, 1.165) is 11.1 Å². The first-order chi connectivity index (χ1) is 11.5. The second-order valence-electron chi connectivity index (χ2n) is 5.93. The first-order valence-corrected chi connectivity index (χ1v) is 7.95. The molecule has 3 rings (SSSR count). The fourth-order valence-corrected chi connectivity index (χ4v) is 2.80. The second-order valence-corrected chi connectivity index (χ2v) is 6.37. The predicted octanol–water partition coefficient (Wildman–Crippen LogP) is 2.49. The highest BCUT2D eigenvalue weighted by Crippen LogP contribution is 2.29. The van der Waals surface area contributed by atoms with Crippen LogP contribution in [0, 0.1) is 6.92 Å². The second kappa shape index (κ2) is 6.67. The SMILES string of the molecule is Cc1cc(Cl)ccc[nH]c(C(=O)NC2(c3cnn(C)c3)COC2)c1. The summed E-state index contributed by atoms with van der Waals surface area (Å²) in [6, 6.07) is 7.07. The van der Waals surface area contributed by atoms with E-state index in [2.05, 4.69) is 15.4 Å². The van der Waals surface area contributed by atoms with Crippen molar-refractivity contribution in [2.45, 2.75) is 12.5 Å².